The van der Waals surface area contributed by atoms with E-state index in [1.165, 1.54) is 0 Å². The van der Waals surface area contributed by atoms with Crippen molar-refractivity contribution in [2.45, 2.75) is 78.1 Å². The second-order valence-electron chi connectivity index (χ2n) is 17.8. The molecule has 6 aromatic rings. The minimum atomic E-state index is -0.826. The van der Waals surface area contributed by atoms with Gasteiger partial charge in [-0.1, -0.05) is 123 Å². The predicted molar refractivity (Wildman–Crippen MR) is 229 cm³/mol. The first-order chi connectivity index (χ1) is 27.9. The highest BCUT2D eigenvalue weighted by molar-refractivity contribution is 6.41. The molecule has 2 atom stereocenters. The summed E-state index contributed by atoms with van der Waals surface area (Å²) < 4.78 is 4.47. The van der Waals surface area contributed by atoms with Crippen molar-refractivity contribution >= 4 is 77.8 Å². The van der Waals surface area contributed by atoms with Crippen molar-refractivity contribution in [1.29, 1.82) is 0 Å². The molecule has 2 aliphatic heterocycles. The number of Topliss-reactive ketones (excluding diaryl/α,β-unsaturated/α-hetero) is 2. The van der Waals surface area contributed by atoms with Gasteiger partial charge in [-0.25, -0.2) is 0 Å². The molecule has 58 heavy (non-hydrogen) atoms. The Kier molecular flexibility index (Phi) is 8.05. The number of rotatable bonds is 10. The van der Waals surface area contributed by atoms with Crippen LogP contribution in [0.3, 0.4) is 0 Å². The fraction of sp³-hybridized carbons (Fsp3) is 0.308. The zero-order chi connectivity index (χ0) is 40.4. The van der Waals surface area contributed by atoms with Crippen LogP contribution in [0.15, 0.2) is 109 Å². The van der Waals surface area contributed by atoms with Crippen LogP contribution in [-0.2, 0) is 20.4 Å². The lowest BCUT2D eigenvalue weighted by Crippen LogP contribution is -2.49. The molecular formula is C52H48N2O4. The van der Waals surface area contributed by atoms with E-state index in [4.69, 9.17) is 0 Å². The predicted octanol–water partition coefficient (Wildman–Crippen LogP) is 8.88. The summed E-state index contributed by atoms with van der Waals surface area (Å²) in [6.45, 7) is 14.3. The maximum atomic E-state index is 14.5. The van der Waals surface area contributed by atoms with Crippen LogP contribution in [0.4, 0.5) is 11.4 Å². The van der Waals surface area contributed by atoms with Gasteiger partial charge in [-0.05, 0) is 71.1 Å². The maximum Gasteiger partial charge on any atom is 0.209 e. The SMILES string of the molecule is CCCC[N+]1=C(C2C(=O)C(c3ccc4ccc5c(C6=C([O-])C(C7=[N+](CCCC)c8ccccc8C7(C)C)C6=O)ccc6ccc3c4c65)=C2[O-])C(C)(C)c2ccccc21. The number of unbranched alkanes of at least 4 members (excludes halogenated alkanes) is 2. The number of hydrogen-bond acceptors (Lipinski definition) is 4. The van der Waals surface area contributed by atoms with E-state index < -0.39 is 22.7 Å². The first-order valence-electron chi connectivity index (χ1n) is 21.0. The first kappa shape index (κ1) is 36.5. The van der Waals surface area contributed by atoms with Crippen LogP contribution < -0.4 is 10.2 Å². The van der Waals surface area contributed by atoms with Crippen molar-refractivity contribution in [3.05, 3.63) is 131 Å². The van der Waals surface area contributed by atoms with E-state index in [2.05, 4.69) is 75.0 Å². The van der Waals surface area contributed by atoms with Gasteiger partial charge in [-0.15, -0.1) is 0 Å². The third-order valence-corrected chi connectivity index (χ3v) is 13.9. The molecule has 0 spiro atoms. The molecule has 2 aliphatic carbocycles. The van der Waals surface area contributed by atoms with Crippen LogP contribution in [0.5, 0.6) is 0 Å². The monoisotopic (exact) mass is 764 g/mol. The topological polar surface area (TPSA) is 86.3 Å². The largest absolute Gasteiger partial charge is 0.874 e. The first-order valence-corrected chi connectivity index (χ1v) is 21.0. The molecule has 6 aromatic carbocycles. The van der Waals surface area contributed by atoms with Crippen LogP contribution in [0.2, 0.25) is 0 Å². The van der Waals surface area contributed by atoms with E-state index in [1.54, 1.807) is 0 Å². The zero-order valence-corrected chi connectivity index (χ0v) is 34.2. The molecule has 0 saturated heterocycles. The van der Waals surface area contributed by atoms with E-state index in [0.717, 1.165) is 105 Å². The van der Waals surface area contributed by atoms with Gasteiger partial charge >= 0.3 is 0 Å². The van der Waals surface area contributed by atoms with Crippen LogP contribution in [0.25, 0.3) is 43.5 Å². The number of benzene rings is 6. The van der Waals surface area contributed by atoms with E-state index in [-0.39, 0.29) is 34.2 Å². The van der Waals surface area contributed by atoms with Crippen LogP contribution >= 0.6 is 0 Å². The Bertz CT molecular complexity index is 2740. The quantitative estimate of drug-likeness (QED) is 0.103. The van der Waals surface area contributed by atoms with E-state index >= 15 is 0 Å². The minimum Gasteiger partial charge on any atom is -0.874 e. The summed E-state index contributed by atoms with van der Waals surface area (Å²) in [5.41, 5.74) is 7.07. The molecule has 4 aliphatic rings. The van der Waals surface area contributed by atoms with Gasteiger partial charge in [0, 0.05) is 47.2 Å². The molecule has 290 valence electrons. The number of ketones is 2. The fourth-order valence-electron chi connectivity index (χ4n) is 11.0. The van der Waals surface area contributed by atoms with Crippen molar-refractivity contribution in [3.8, 4) is 0 Å². The molecule has 0 amide bonds. The Labute approximate surface area is 339 Å². The van der Waals surface area contributed by atoms with Gasteiger partial charge in [-0.2, -0.15) is 9.15 Å². The van der Waals surface area contributed by atoms with Crippen molar-refractivity contribution in [2.24, 2.45) is 11.8 Å². The molecule has 0 fully saturated rings. The van der Waals surface area contributed by atoms with Crippen molar-refractivity contribution in [2.75, 3.05) is 13.1 Å². The zero-order valence-electron chi connectivity index (χ0n) is 34.2. The molecule has 10 rings (SSSR count). The normalized spacial score (nSPS) is 20.9. The summed E-state index contributed by atoms with van der Waals surface area (Å²) in [5.74, 6) is -2.18. The Hall–Kier alpha value is -5.88. The molecule has 0 saturated carbocycles. The number of para-hydroxylation sites is 2. The molecule has 0 aromatic heterocycles. The molecule has 6 heteroatoms. The molecule has 0 N–H and O–H groups in total. The average molecular weight is 765 g/mol. The second kappa shape index (κ2) is 12.8. The van der Waals surface area contributed by atoms with Gasteiger partial charge in [0.2, 0.25) is 11.4 Å². The highest BCUT2D eigenvalue weighted by atomic mass is 16.3. The lowest BCUT2D eigenvalue weighted by Gasteiger charge is -2.39. The lowest BCUT2D eigenvalue weighted by molar-refractivity contribution is -0.443. The summed E-state index contributed by atoms with van der Waals surface area (Å²) in [5, 5.41) is 34.4. The van der Waals surface area contributed by atoms with Gasteiger partial charge in [0.25, 0.3) is 0 Å². The smallest absolute Gasteiger partial charge is 0.209 e. The molecule has 2 heterocycles. The average Bonchev–Trinajstić information content (AvgIpc) is 3.57. The van der Waals surface area contributed by atoms with Crippen molar-refractivity contribution in [1.82, 2.24) is 0 Å². The Morgan fingerprint density at radius 2 is 0.914 bits per heavy atom. The molecule has 6 nitrogen and oxygen atoms in total. The lowest BCUT2D eigenvalue weighted by atomic mass is 9.67. The van der Waals surface area contributed by atoms with Crippen LogP contribution in [0.1, 0.15) is 89.5 Å². The number of allylic oxidation sites excluding steroid dienone is 4. The maximum absolute atomic E-state index is 14.5. The number of carbonyl (C=O) groups is 2. The molecule has 0 bridgehead atoms. The van der Waals surface area contributed by atoms with Crippen LogP contribution in [0, 0.1) is 11.8 Å². The molecular weight excluding hydrogens is 717 g/mol. The highest BCUT2D eigenvalue weighted by Gasteiger charge is 2.56. The number of nitrogens with zero attached hydrogens (tertiary/aromatic N) is 2. The molecule has 0 radical (unpaired) electrons. The van der Waals surface area contributed by atoms with Gasteiger partial charge in [0.15, 0.2) is 23.0 Å². The minimum absolute atomic E-state index is 0.132. The number of hydrogen-bond donors (Lipinski definition) is 0. The van der Waals surface area contributed by atoms with E-state index in [0.29, 0.717) is 11.1 Å². The Balaban J connectivity index is 1.09. The fourth-order valence-corrected chi connectivity index (χ4v) is 11.0. The summed E-state index contributed by atoms with van der Waals surface area (Å²) in [6.07, 6.45) is 3.92. The number of carbonyl (C=O) groups excluding carboxylic acids is 2. The standard InChI is InChI=1S/C52H48N2O4/c1-7-9-27-53-37-17-13-11-15-35(37)51(3,4)49(53)43-45(55)41(46(43)56)33-25-21-29-20-24-32-34(26-22-30-19-23-31(33)39(29)40(30)32)42-47(57)44(48(42)58)50-52(5,6)36-16-12-14-18-38(36)54(50)28-10-8-2/h11-26,43-44H,7-10,27-28H2,1-6H3. The van der Waals surface area contributed by atoms with Gasteiger partial charge in [0.05, 0.1) is 10.8 Å². The third-order valence-electron chi connectivity index (χ3n) is 13.9. The summed E-state index contributed by atoms with van der Waals surface area (Å²) in [4.78, 5) is 29.0. The van der Waals surface area contributed by atoms with Gasteiger partial charge in [-0.3, -0.25) is 9.59 Å². The summed E-state index contributed by atoms with van der Waals surface area (Å²) in [7, 11) is 0. The van der Waals surface area contributed by atoms with E-state index in [9.17, 15) is 19.8 Å². The summed E-state index contributed by atoms with van der Waals surface area (Å²) in [6, 6.07) is 32.5. The van der Waals surface area contributed by atoms with E-state index in [1.807, 2.05) is 72.8 Å². The summed E-state index contributed by atoms with van der Waals surface area (Å²) >= 11 is 0. The Morgan fingerprint density at radius 3 is 1.29 bits per heavy atom. The van der Waals surface area contributed by atoms with Crippen LogP contribution in [-0.4, -0.2) is 45.2 Å². The second-order valence-corrected chi connectivity index (χ2v) is 17.8. The van der Waals surface area contributed by atoms with Gasteiger partial charge in [0.1, 0.15) is 24.9 Å². The Morgan fingerprint density at radius 1 is 0.534 bits per heavy atom. The number of fused-ring (bicyclic) bond motifs is 2. The van der Waals surface area contributed by atoms with Crippen molar-refractivity contribution < 1.29 is 29.0 Å². The third kappa shape index (κ3) is 4.72. The highest BCUT2D eigenvalue weighted by Crippen LogP contribution is 2.51. The molecule has 2 unspecified atom stereocenters. The van der Waals surface area contributed by atoms with Gasteiger partial charge < -0.3 is 10.2 Å². The van der Waals surface area contributed by atoms with Crippen molar-refractivity contribution in [3.63, 3.8) is 0 Å².